The van der Waals surface area contributed by atoms with E-state index in [0.29, 0.717) is 6.54 Å². The molecular formula is C21H26N3OS2+. The molecule has 0 saturated heterocycles. The Hall–Kier alpha value is -1.63. The molecule has 142 valence electrons. The zero-order chi connectivity index (χ0) is 18.8. The van der Waals surface area contributed by atoms with Crippen molar-refractivity contribution in [2.24, 2.45) is 0 Å². The van der Waals surface area contributed by atoms with Crippen LogP contribution in [0.25, 0.3) is 10.2 Å². The second kappa shape index (κ2) is 8.17. The number of thioether (sulfide) groups is 1. The number of quaternary nitrogens is 1. The Morgan fingerprint density at radius 1 is 1.30 bits per heavy atom. The third kappa shape index (κ3) is 3.84. The molecule has 0 radical (unpaired) electrons. The second-order valence-electron chi connectivity index (χ2n) is 7.29. The first-order valence-electron chi connectivity index (χ1n) is 9.70. The van der Waals surface area contributed by atoms with Crippen LogP contribution in [0.1, 0.15) is 35.8 Å². The smallest absolute Gasteiger partial charge is 0.263 e. The van der Waals surface area contributed by atoms with Crippen LogP contribution in [-0.4, -0.2) is 28.9 Å². The number of hydrogen-bond donors (Lipinski definition) is 1. The van der Waals surface area contributed by atoms with Crippen LogP contribution in [0.5, 0.6) is 0 Å². The standard InChI is InChI=1S/C21H25N3OS2/c1-3-4-12-26-21-22-19-18(16-10-11-23(2)14-17(16)27-19)20(25)24(21)13-15-8-6-5-7-9-15/h5-9H,3-4,10-14H2,1-2H3/p+1. The van der Waals surface area contributed by atoms with E-state index in [-0.39, 0.29) is 5.56 Å². The summed E-state index contributed by atoms with van der Waals surface area (Å²) in [6.07, 6.45) is 3.27. The van der Waals surface area contributed by atoms with Crippen LogP contribution in [-0.2, 0) is 19.5 Å². The van der Waals surface area contributed by atoms with Crippen LogP contribution in [0.15, 0.2) is 40.3 Å². The molecule has 27 heavy (non-hydrogen) atoms. The summed E-state index contributed by atoms with van der Waals surface area (Å²) in [5.41, 5.74) is 2.54. The van der Waals surface area contributed by atoms with E-state index in [1.807, 2.05) is 22.8 Å². The summed E-state index contributed by atoms with van der Waals surface area (Å²) >= 11 is 3.45. The van der Waals surface area contributed by atoms with E-state index in [2.05, 4.69) is 26.1 Å². The number of aromatic nitrogens is 2. The van der Waals surface area contributed by atoms with Gasteiger partial charge in [-0.3, -0.25) is 9.36 Å². The average molecular weight is 401 g/mol. The summed E-state index contributed by atoms with van der Waals surface area (Å²) in [5.74, 6) is 1.00. The van der Waals surface area contributed by atoms with Crippen molar-refractivity contribution in [1.82, 2.24) is 9.55 Å². The molecule has 1 unspecified atom stereocenters. The lowest BCUT2D eigenvalue weighted by atomic mass is 10.1. The second-order valence-corrected chi connectivity index (χ2v) is 9.44. The molecule has 2 aromatic heterocycles. The molecular weight excluding hydrogens is 374 g/mol. The summed E-state index contributed by atoms with van der Waals surface area (Å²) in [7, 11) is 2.22. The number of nitrogens with one attached hydrogen (secondary N) is 1. The van der Waals surface area contributed by atoms with Gasteiger partial charge >= 0.3 is 0 Å². The van der Waals surface area contributed by atoms with Gasteiger partial charge in [0.25, 0.3) is 5.56 Å². The molecule has 1 aliphatic rings. The Bertz CT molecular complexity index is 994. The van der Waals surface area contributed by atoms with Gasteiger partial charge in [-0.15, -0.1) is 11.3 Å². The maximum Gasteiger partial charge on any atom is 0.263 e. The first-order chi connectivity index (χ1) is 13.2. The first kappa shape index (κ1) is 18.7. The molecule has 3 aromatic rings. The van der Waals surface area contributed by atoms with Crippen molar-refractivity contribution in [3.05, 3.63) is 56.7 Å². The fraction of sp³-hybridized carbons (Fsp3) is 0.429. The van der Waals surface area contributed by atoms with E-state index in [1.165, 1.54) is 15.3 Å². The molecule has 0 fully saturated rings. The average Bonchev–Trinajstić information content (AvgIpc) is 3.03. The predicted molar refractivity (Wildman–Crippen MR) is 114 cm³/mol. The number of hydrogen-bond acceptors (Lipinski definition) is 4. The van der Waals surface area contributed by atoms with Crippen LogP contribution in [0.3, 0.4) is 0 Å². The molecule has 3 heterocycles. The molecule has 1 aliphatic heterocycles. The molecule has 6 heteroatoms. The molecule has 0 spiro atoms. The topological polar surface area (TPSA) is 39.3 Å². The highest BCUT2D eigenvalue weighted by molar-refractivity contribution is 7.99. The number of thiophene rings is 1. The highest BCUT2D eigenvalue weighted by Crippen LogP contribution is 2.31. The third-order valence-electron chi connectivity index (χ3n) is 5.14. The van der Waals surface area contributed by atoms with Crippen molar-refractivity contribution in [3.63, 3.8) is 0 Å². The van der Waals surface area contributed by atoms with E-state index >= 15 is 0 Å². The molecule has 0 aliphatic carbocycles. The number of unbranched alkanes of at least 4 members (excludes halogenated alkanes) is 1. The van der Waals surface area contributed by atoms with Gasteiger partial charge in [-0.1, -0.05) is 55.4 Å². The number of benzene rings is 1. The van der Waals surface area contributed by atoms with Gasteiger partial charge in [-0.2, -0.15) is 0 Å². The van der Waals surface area contributed by atoms with Crippen molar-refractivity contribution in [2.75, 3.05) is 19.3 Å². The predicted octanol–water partition coefficient (Wildman–Crippen LogP) is 2.97. The monoisotopic (exact) mass is 400 g/mol. The Labute approximate surface area is 168 Å². The molecule has 0 saturated carbocycles. The number of likely N-dealkylation sites (N-methyl/N-ethyl adjacent to an activating group) is 1. The Morgan fingerprint density at radius 3 is 2.89 bits per heavy atom. The van der Waals surface area contributed by atoms with Crippen LogP contribution < -0.4 is 10.5 Å². The number of nitrogens with zero attached hydrogens (tertiary/aromatic N) is 2. The van der Waals surface area contributed by atoms with Crippen LogP contribution in [0, 0.1) is 0 Å². The first-order valence-corrected chi connectivity index (χ1v) is 11.5. The zero-order valence-corrected chi connectivity index (χ0v) is 17.6. The van der Waals surface area contributed by atoms with E-state index in [9.17, 15) is 4.79 Å². The maximum absolute atomic E-state index is 13.5. The van der Waals surface area contributed by atoms with Gasteiger partial charge < -0.3 is 4.90 Å². The minimum absolute atomic E-state index is 0.139. The lowest BCUT2D eigenvalue weighted by Crippen LogP contribution is -3.08. The maximum atomic E-state index is 13.5. The van der Waals surface area contributed by atoms with Crippen LogP contribution >= 0.6 is 23.1 Å². The highest BCUT2D eigenvalue weighted by Gasteiger charge is 2.25. The molecule has 1 aromatic carbocycles. The Balaban J connectivity index is 1.83. The van der Waals surface area contributed by atoms with Gasteiger partial charge in [0.2, 0.25) is 0 Å². The quantitative estimate of drug-likeness (QED) is 0.393. The van der Waals surface area contributed by atoms with Gasteiger partial charge in [0.15, 0.2) is 5.16 Å². The zero-order valence-electron chi connectivity index (χ0n) is 16.0. The van der Waals surface area contributed by atoms with E-state index in [4.69, 9.17) is 4.98 Å². The largest absolute Gasteiger partial charge is 0.333 e. The minimum Gasteiger partial charge on any atom is -0.333 e. The van der Waals surface area contributed by atoms with Crippen molar-refractivity contribution in [2.45, 2.75) is 44.4 Å². The van der Waals surface area contributed by atoms with Crippen LogP contribution in [0.2, 0.25) is 0 Å². The van der Waals surface area contributed by atoms with Gasteiger partial charge in [0, 0.05) is 12.2 Å². The molecule has 1 atom stereocenters. The normalized spacial score (nSPS) is 16.6. The fourth-order valence-electron chi connectivity index (χ4n) is 3.60. The molecule has 1 N–H and O–H groups in total. The number of rotatable bonds is 6. The van der Waals surface area contributed by atoms with E-state index < -0.39 is 0 Å². The summed E-state index contributed by atoms with van der Waals surface area (Å²) in [4.78, 5) is 22.3. The molecule has 4 nitrogen and oxygen atoms in total. The summed E-state index contributed by atoms with van der Waals surface area (Å²) < 4.78 is 1.90. The summed E-state index contributed by atoms with van der Waals surface area (Å²) in [5, 5.41) is 1.74. The van der Waals surface area contributed by atoms with E-state index in [1.54, 1.807) is 23.1 Å². The minimum atomic E-state index is 0.139. The van der Waals surface area contributed by atoms with Crippen molar-refractivity contribution in [1.29, 1.82) is 0 Å². The van der Waals surface area contributed by atoms with Gasteiger partial charge in [-0.25, -0.2) is 4.98 Å². The summed E-state index contributed by atoms with van der Waals surface area (Å²) in [6.45, 7) is 4.88. The van der Waals surface area contributed by atoms with Crippen molar-refractivity contribution in [3.8, 4) is 0 Å². The van der Waals surface area contributed by atoms with Gasteiger partial charge in [0.1, 0.15) is 11.4 Å². The number of fused-ring (bicyclic) bond motifs is 3. The SMILES string of the molecule is CCCCSc1nc2sc3c(c2c(=O)n1Cc1ccccc1)CC[NH+](C)C3. The fourth-order valence-corrected chi connectivity index (χ4v) is 6.05. The summed E-state index contributed by atoms with van der Waals surface area (Å²) in [6, 6.07) is 10.2. The molecule has 4 rings (SSSR count). The third-order valence-corrected chi connectivity index (χ3v) is 7.32. The van der Waals surface area contributed by atoms with E-state index in [0.717, 1.165) is 59.0 Å². The van der Waals surface area contributed by atoms with Crippen molar-refractivity contribution < 1.29 is 4.90 Å². The lowest BCUT2D eigenvalue weighted by Gasteiger charge is -2.19. The highest BCUT2D eigenvalue weighted by atomic mass is 32.2. The van der Waals surface area contributed by atoms with Gasteiger partial charge in [-0.05, 0) is 17.5 Å². The Morgan fingerprint density at radius 2 is 2.11 bits per heavy atom. The van der Waals surface area contributed by atoms with Crippen LogP contribution in [0.4, 0.5) is 0 Å². The Kier molecular flexibility index (Phi) is 5.66. The molecule has 0 amide bonds. The molecule has 0 bridgehead atoms. The van der Waals surface area contributed by atoms with Crippen molar-refractivity contribution >= 4 is 33.3 Å². The van der Waals surface area contributed by atoms with Gasteiger partial charge in [0.05, 0.1) is 30.4 Å². The lowest BCUT2D eigenvalue weighted by molar-refractivity contribution is -0.895.